The highest BCUT2D eigenvalue weighted by Crippen LogP contribution is 2.35. The van der Waals surface area contributed by atoms with Gasteiger partial charge in [-0.15, -0.1) is 0 Å². The number of carbonyl (C=O) groups excluding carboxylic acids is 2. The van der Waals surface area contributed by atoms with Gasteiger partial charge in [-0.1, -0.05) is 0 Å². The third kappa shape index (κ3) is 5.71. The van der Waals surface area contributed by atoms with Gasteiger partial charge in [0.1, 0.15) is 5.56 Å². The number of nitrogens with two attached hydrogens (primary N) is 1. The number of carbonyl (C=O) groups is 2. The molecule has 0 atom stereocenters. The number of piperidine rings is 1. The molecule has 3 heterocycles. The van der Waals surface area contributed by atoms with Crippen molar-refractivity contribution in [2.75, 3.05) is 25.0 Å². The van der Waals surface area contributed by atoms with Crippen molar-refractivity contribution in [1.82, 2.24) is 19.7 Å². The number of nitrogens with one attached hydrogen (secondary N) is 1. The van der Waals surface area contributed by atoms with Crippen LogP contribution in [0.5, 0.6) is 0 Å². The number of anilines is 2. The molecular formula is C20H22F3N7O3. The van der Waals surface area contributed by atoms with Crippen molar-refractivity contribution in [3.8, 4) is 6.07 Å². The molecule has 2 aromatic heterocycles. The summed E-state index contributed by atoms with van der Waals surface area (Å²) in [5.41, 5.74) is 6.10. The lowest BCUT2D eigenvalue weighted by atomic mass is 9.85. The number of aromatic nitrogens is 3. The number of pyridine rings is 1. The van der Waals surface area contributed by atoms with Crippen LogP contribution in [0.2, 0.25) is 0 Å². The van der Waals surface area contributed by atoms with Gasteiger partial charge in [0.15, 0.2) is 12.4 Å². The molecule has 1 saturated heterocycles. The first-order chi connectivity index (χ1) is 15.5. The van der Waals surface area contributed by atoms with E-state index in [1.54, 1.807) is 18.3 Å². The minimum Gasteiger partial charge on any atom is -0.440 e. The minimum atomic E-state index is -4.62. The highest BCUT2D eigenvalue weighted by molar-refractivity contribution is 5.98. The van der Waals surface area contributed by atoms with Gasteiger partial charge in [0.05, 0.1) is 29.9 Å². The monoisotopic (exact) mass is 465 g/mol. The number of hydrogen-bond donors (Lipinski definition) is 2. The number of likely N-dealkylation sites (tertiary alicyclic amines) is 1. The number of amides is 2. The average molecular weight is 465 g/mol. The van der Waals surface area contributed by atoms with Crippen molar-refractivity contribution in [3.63, 3.8) is 0 Å². The molecule has 0 unspecified atom stereocenters. The number of alkyl halides is 3. The van der Waals surface area contributed by atoms with E-state index in [0.717, 1.165) is 10.6 Å². The van der Waals surface area contributed by atoms with Gasteiger partial charge >= 0.3 is 12.3 Å². The smallest absolute Gasteiger partial charge is 0.422 e. The van der Waals surface area contributed by atoms with E-state index in [2.05, 4.69) is 26.2 Å². The molecule has 13 heteroatoms. The molecule has 3 rings (SSSR count). The summed E-state index contributed by atoms with van der Waals surface area (Å²) in [7, 11) is 0. The summed E-state index contributed by atoms with van der Waals surface area (Å²) in [5, 5.41) is 16.8. The van der Waals surface area contributed by atoms with Gasteiger partial charge in [0.25, 0.3) is 5.91 Å². The van der Waals surface area contributed by atoms with Crippen LogP contribution in [0.4, 0.5) is 29.5 Å². The Morgan fingerprint density at radius 2 is 2.03 bits per heavy atom. The van der Waals surface area contributed by atoms with E-state index in [0.29, 0.717) is 5.69 Å². The standard InChI is InChI=1S/C20H22F3N7O3/c1-13-2-3-14(10-26-13)27-17-15(16(25)31)11-30(28-17)19(4-7-24)5-8-29(9-6-19)18(32)33-12-20(21,22)23/h2-3,10-11H,4-6,8-9,12H2,1H3,(H2,25,31)(H,27,28). The van der Waals surface area contributed by atoms with Gasteiger partial charge in [-0.25, -0.2) is 4.79 Å². The average Bonchev–Trinajstić information content (AvgIpc) is 3.19. The number of aryl methyl sites for hydroxylation is 1. The maximum atomic E-state index is 12.3. The molecule has 0 saturated carbocycles. The van der Waals surface area contributed by atoms with E-state index < -0.39 is 30.3 Å². The van der Waals surface area contributed by atoms with Crippen LogP contribution in [0.25, 0.3) is 0 Å². The van der Waals surface area contributed by atoms with Crippen molar-refractivity contribution in [3.05, 3.63) is 35.8 Å². The van der Waals surface area contributed by atoms with Gasteiger partial charge in [-0.2, -0.15) is 23.5 Å². The fourth-order valence-corrected chi connectivity index (χ4v) is 3.54. The molecule has 176 valence electrons. The van der Waals surface area contributed by atoms with E-state index in [1.807, 2.05) is 6.92 Å². The minimum absolute atomic E-state index is 0.00382. The second-order valence-electron chi connectivity index (χ2n) is 7.73. The van der Waals surface area contributed by atoms with Crippen molar-refractivity contribution in [2.45, 2.75) is 37.9 Å². The number of hydrogen-bond acceptors (Lipinski definition) is 7. The quantitative estimate of drug-likeness (QED) is 0.669. The fraction of sp³-hybridized carbons (Fsp3) is 0.450. The molecule has 1 aliphatic rings. The number of primary amides is 1. The summed E-state index contributed by atoms with van der Waals surface area (Å²) >= 11 is 0. The van der Waals surface area contributed by atoms with Crippen molar-refractivity contribution >= 4 is 23.5 Å². The van der Waals surface area contributed by atoms with Gasteiger partial charge in [-0.05, 0) is 31.9 Å². The maximum absolute atomic E-state index is 12.3. The fourth-order valence-electron chi connectivity index (χ4n) is 3.54. The predicted octanol–water partition coefficient (Wildman–Crippen LogP) is 2.83. The van der Waals surface area contributed by atoms with Crippen LogP contribution in [0, 0.1) is 18.3 Å². The van der Waals surface area contributed by atoms with E-state index >= 15 is 0 Å². The molecule has 1 aliphatic heterocycles. The summed E-state index contributed by atoms with van der Waals surface area (Å²) < 4.78 is 42.7. The van der Waals surface area contributed by atoms with E-state index in [4.69, 9.17) is 5.73 Å². The molecule has 0 bridgehead atoms. The molecule has 0 aromatic carbocycles. The Hall–Kier alpha value is -3.82. The summed E-state index contributed by atoms with van der Waals surface area (Å²) in [4.78, 5) is 29.3. The van der Waals surface area contributed by atoms with Crippen LogP contribution < -0.4 is 11.1 Å². The zero-order chi connectivity index (χ0) is 24.2. The first-order valence-corrected chi connectivity index (χ1v) is 9.98. The lowest BCUT2D eigenvalue weighted by Gasteiger charge is -2.40. The summed E-state index contributed by atoms with van der Waals surface area (Å²) in [6, 6.07) is 5.61. The largest absolute Gasteiger partial charge is 0.440 e. The van der Waals surface area contributed by atoms with E-state index in [9.17, 15) is 28.0 Å². The highest BCUT2D eigenvalue weighted by atomic mass is 19.4. The van der Waals surface area contributed by atoms with Crippen molar-refractivity contribution in [2.24, 2.45) is 5.73 Å². The molecule has 2 amide bonds. The Labute approximate surface area is 187 Å². The normalized spacial score (nSPS) is 15.5. The third-order valence-corrected chi connectivity index (χ3v) is 5.36. The van der Waals surface area contributed by atoms with E-state index in [-0.39, 0.29) is 43.7 Å². The first kappa shape index (κ1) is 23.8. The van der Waals surface area contributed by atoms with Crippen LogP contribution >= 0.6 is 0 Å². The molecular weight excluding hydrogens is 443 g/mol. The second kappa shape index (κ2) is 9.35. The van der Waals surface area contributed by atoms with Gasteiger partial charge in [0.2, 0.25) is 0 Å². The molecule has 0 radical (unpaired) electrons. The Kier molecular flexibility index (Phi) is 6.75. The number of ether oxygens (including phenoxy) is 1. The molecule has 2 aromatic rings. The number of halogens is 3. The highest BCUT2D eigenvalue weighted by Gasteiger charge is 2.40. The summed E-state index contributed by atoms with van der Waals surface area (Å²) in [6.45, 7) is 0.253. The first-order valence-electron chi connectivity index (χ1n) is 9.98. The zero-order valence-corrected chi connectivity index (χ0v) is 17.7. The summed E-state index contributed by atoms with van der Waals surface area (Å²) in [6.07, 6.45) is -2.27. The Morgan fingerprint density at radius 1 is 1.33 bits per heavy atom. The van der Waals surface area contributed by atoms with Crippen molar-refractivity contribution < 1.29 is 27.5 Å². The van der Waals surface area contributed by atoms with E-state index in [1.165, 1.54) is 10.9 Å². The topological polar surface area (TPSA) is 139 Å². The number of nitriles is 1. The Balaban J connectivity index is 1.80. The molecule has 3 N–H and O–H groups in total. The Bertz CT molecular complexity index is 1050. The molecule has 10 nitrogen and oxygen atoms in total. The van der Waals surface area contributed by atoms with Crippen LogP contribution in [0.3, 0.4) is 0 Å². The molecule has 1 fully saturated rings. The number of rotatable bonds is 6. The zero-order valence-electron chi connectivity index (χ0n) is 17.7. The summed E-state index contributed by atoms with van der Waals surface area (Å²) in [5.74, 6) is -0.554. The molecule has 0 spiro atoms. The second-order valence-corrected chi connectivity index (χ2v) is 7.73. The lowest BCUT2D eigenvalue weighted by Crippen LogP contribution is -2.48. The SMILES string of the molecule is Cc1ccc(Nc2nn(C3(CC#N)CCN(C(=O)OCC(F)(F)F)CC3)cc2C(N)=O)cn1. The van der Waals surface area contributed by atoms with Gasteiger partial charge in [-0.3, -0.25) is 14.5 Å². The third-order valence-electron chi connectivity index (χ3n) is 5.36. The van der Waals surface area contributed by atoms with Crippen LogP contribution in [-0.2, 0) is 10.3 Å². The lowest BCUT2D eigenvalue weighted by molar-refractivity contribution is -0.162. The van der Waals surface area contributed by atoms with Gasteiger partial charge < -0.3 is 20.7 Å². The maximum Gasteiger partial charge on any atom is 0.422 e. The van der Waals surface area contributed by atoms with Crippen LogP contribution in [0.1, 0.15) is 35.3 Å². The number of nitrogens with zero attached hydrogens (tertiary/aromatic N) is 5. The molecule has 33 heavy (non-hydrogen) atoms. The van der Waals surface area contributed by atoms with Gasteiger partial charge in [0, 0.05) is 25.0 Å². The van der Waals surface area contributed by atoms with Crippen LogP contribution in [0.15, 0.2) is 24.5 Å². The van der Waals surface area contributed by atoms with Crippen LogP contribution in [-0.4, -0.2) is 57.5 Å². The predicted molar refractivity (Wildman–Crippen MR) is 109 cm³/mol. The van der Waals surface area contributed by atoms with Crippen molar-refractivity contribution in [1.29, 1.82) is 5.26 Å². The Morgan fingerprint density at radius 3 is 2.58 bits per heavy atom. The molecule has 0 aliphatic carbocycles.